The zero-order chi connectivity index (χ0) is 15.5. The Morgan fingerprint density at radius 3 is 2.48 bits per heavy atom. The smallest absolute Gasteiger partial charge is 0.396 e. The van der Waals surface area contributed by atoms with Crippen molar-refractivity contribution in [3.05, 3.63) is 53.9 Å². The Labute approximate surface area is 121 Å². The number of anilines is 2. The van der Waals surface area contributed by atoms with Gasteiger partial charge < -0.3 is 11.1 Å². The van der Waals surface area contributed by atoms with Crippen molar-refractivity contribution in [1.82, 2.24) is 4.98 Å². The summed E-state index contributed by atoms with van der Waals surface area (Å²) in [6.45, 7) is 1.95. The van der Waals surface area contributed by atoms with Crippen LogP contribution in [-0.4, -0.2) is 4.98 Å². The summed E-state index contributed by atoms with van der Waals surface area (Å²) in [6, 6.07) is 10.3. The molecule has 0 saturated carbocycles. The van der Waals surface area contributed by atoms with Crippen molar-refractivity contribution in [3.63, 3.8) is 0 Å². The van der Waals surface area contributed by atoms with E-state index in [9.17, 15) is 13.2 Å². The van der Waals surface area contributed by atoms with Crippen molar-refractivity contribution >= 4 is 11.4 Å². The molecule has 1 aromatic heterocycles. The fourth-order valence-electron chi connectivity index (χ4n) is 2.04. The lowest BCUT2D eigenvalue weighted by Crippen LogP contribution is -2.14. The van der Waals surface area contributed by atoms with Gasteiger partial charge in [-0.2, -0.15) is 13.2 Å². The van der Waals surface area contributed by atoms with Gasteiger partial charge in [0, 0.05) is 0 Å². The molecule has 0 fully saturated rings. The zero-order valence-electron chi connectivity index (χ0n) is 11.5. The summed E-state index contributed by atoms with van der Waals surface area (Å²) in [5, 5.41) is 3.06. The van der Waals surface area contributed by atoms with Crippen LogP contribution < -0.4 is 11.1 Å². The Morgan fingerprint density at radius 1 is 1.24 bits per heavy atom. The molecule has 0 bridgehead atoms. The second-order valence-electron chi connectivity index (χ2n) is 4.67. The third-order valence-electron chi connectivity index (χ3n) is 3.17. The van der Waals surface area contributed by atoms with Crippen molar-refractivity contribution in [1.29, 1.82) is 0 Å². The molecule has 21 heavy (non-hydrogen) atoms. The third-order valence-corrected chi connectivity index (χ3v) is 3.17. The van der Waals surface area contributed by atoms with Gasteiger partial charge in [0.25, 0.3) is 0 Å². The van der Waals surface area contributed by atoms with E-state index in [1.807, 2.05) is 37.3 Å². The highest BCUT2D eigenvalue weighted by atomic mass is 19.4. The van der Waals surface area contributed by atoms with Gasteiger partial charge in [-0.25, -0.2) is 4.98 Å². The zero-order valence-corrected chi connectivity index (χ0v) is 11.5. The Balaban J connectivity index is 2.29. The molecule has 0 radical (unpaired) electrons. The van der Waals surface area contributed by atoms with E-state index in [0.717, 1.165) is 17.8 Å². The van der Waals surface area contributed by atoms with Crippen LogP contribution in [0.15, 0.2) is 42.6 Å². The highest BCUT2D eigenvalue weighted by Gasteiger charge is 2.33. The van der Waals surface area contributed by atoms with E-state index in [0.29, 0.717) is 6.42 Å². The number of alkyl halides is 3. The van der Waals surface area contributed by atoms with E-state index in [2.05, 4.69) is 10.3 Å². The average molecular weight is 295 g/mol. The summed E-state index contributed by atoms with van der Waals surface area (Å²) in [4.78, 5) is 3.33. The third kappa shape index (κ3) is 3.65. The van der Waals surface area contributed by atoms with Gasteiger partial charge in [-0.3, -0.25) is 0 Å². The lowest BCUT2D eigenvalue weighted by molar-refractivity contribution is -0.141. The predicted molar refractivity (Wildman–Crippen MR) is 76.7 cm³/mol. The largest absolute Gasteiger partial charge is 0.433 e. The molecule has 1 atom stereocenters. The summed E-state index contributed by atoms with van der Waals surface area (Å²) in [7, 11) is 0. The van der Waals surface area contributed by atoms with Gasteiger partial charge in [-0.05, 0) is 18.1 Å². The van der Waals surface area contributed by atoms with Crippen LogP contribution in [-0.2, 0) is 6.18 Å². The summed E-state index contributed by atoms with van der Waals surface area (Å²) in [5.41, 5.74) is 6.19. The molecule has 0 amide bonds. The molecule has 0 aliphatic rings. The molecule has 1 aromatic carbocycles. The van der Waals surface area contributed by atoms with Crippen LogP contribution in [0, 0.1) is 0 Å². The SMILES string of the molecule is CCC(Nc1cc(C(F)(F)F)ncc1N)c1ccccc1. The number of hydrogen-bond donors (Lipinski definition) is 2. The molecular formula is C15H16F3N3. The van der Waals surface area contributed by atoms with Gasteiger partial charge in [0.15, 0.2) is 0 Å². The van der Waals surface area contributed by atoms with Crippen LogP contribution in [0.25, 0.3) is 0 Å². The number of nitrogens with two attached hydrogens (primary N) is 1. The maximum absolute atomic E-state index is 12.7. The minimum Gasteiger partial charge on any atom is -0.396 e. The summed E-state index contributed by atoms with van der Waals surface area (Å²) in [6.07, 6.45) is -2.74. The Morgan fingerprint density at radius 2 is 1.90 bits per heavy atom. The van der Waals surface area contributed by atoms with Crippen LogP contribution >= 0.6 is 0 Å². The van der Waals surface area contributed by atoms with Crippen LogP contribution in [0.1, 0.15) is 30.6 Å². The lowest BCUT2D eigenvalue weighted by atomic mass is 10.0. The highest BCUT2D eigenvalue weighted by Crippen LogP contribution is 2.33. The van der Waals surface area contributed by atoms with E-state index in [4.69, 9.17) is 5.73 Å². The normalized spacial score (nSPS) is 13.0. The number of nitrogens with zero attached hydrogens (tertiary/aromatic N) is 1. The molecule has 6 heteroatoms. The Kier molecular flexibility index (Phi) is 4.35. The number of aromatic nitrogens is 1. The van der Waals surface area contributed by atoms with E-state index in [-0.39, 0.29) is 17.4 Å². The maximum Gasteiger partial charge on any atom is 0.433 e. The fourth-order valence-corrected chi connectivity index (χ4v) is 2.04. The molecule has 0 saturated heterocycles. The second kappa shape index (κ2) is 6.03. The summed E-state index contributed by atoms with van der Waals surface area (Å²) >= 11 is 0. The van der Waals surface area contributed by atoms with E-state index in [1.165, 1.54) is 0 Å². The maximum atomic E-state index is 12.7. The highest BCUT2D eigenvalue weighted by molar-refractivity contribution is 5.66. The first-order valence-electron chi connectivity index (χ1n) is 6.56. The Hall–Kier alpha value is -2.24. The van der Waals surface area contributed by atoms with Gasteiger partial charge in [0.05, 0.1) is 23.6 Å². The average Bonchev–Trinajstić information content (AvgIpc) is 2.46. The number of nitrogen functional groups attached to an aromatic ring is 1. The molecule has 1 unspecified atom stereocenters. The summed E-state index contributed by atoms with van der Waals surface area (Å²) < 4.78 is 38.1. The molecule has 0 aliphatic heterocycles. The molecule has 0 aliphatic carbocycles. The fraction of sp³-hybridized carbons (Fsp3) is 0.267. The van der Waals surface area contributed by atoms with Crippen LogP contribution in [0.5, 0.6) is 0 Å². The van der Waals surface area contributed by atoms with E-state index < -0.39 is 11.9 Å². The van der Waals surface area contributed by atoms with Crippen molar-refractivity contribution < 1.29 is 13.2 Å². The topological polar surface area (TPSA) is 50.9 Å². The van der Waals surface area contributed by atoms with E-state index >= 15 is 0 Å². The minimum atomic E-state index is -4.49. The van der Waals surface area contributed by atoms with Gasteiger partial charge in [-0.1, -0.05) is 37.3 Å². The van der Waals surface area contributed by atoms with Crippen molar-refractivity contribution in [2.75, 3.05) is 11.1 Å². The standard InChI is InChI=1S/C15H16F3N3/c1-2-12(10-6-4-3-5-7-10)21-13-8-14(15(16,17)18)20-9-11(13)19/h3-9,12H,2,19H2,1H3,(H,20,21). The number of pyridine rings is 1. The van der Waals surface area contributed by atoms with Crippen molar-refractivity contribution in [3.8, 4) is 0 Å². The monoisotopic (exact) mass is 295 g/mol. The van der Waals surface area contributed by atoms with Crippen LogP contribution in [0.2, 0.25) is 0 Å². The number of benzene rings is 1. The minimum absolute atomic E-state index is 0.114. The van der Waals surface area contributed by atoms with Crippen molar-refractivity contribution in [2.24, 2.45) is 0 Å². The number of hydrogen-bond acceptors (Lipinski definition) is 3. The molecular weight excluding hydrogens is 279 g/mol. The first-order chi connectivity index (χ1) is 9.91. The second-order valence-corrected chi connectivity index (χ2v) is 4.67. The number of rotatable bonds is 4. The molecule has 2 rings (SSSR count). The quantitative estimate of drug-likeness (QED) is 0.886. The van der Waals surface area contributed by atoms with Gasteiger partial charge in [0.1, 0.15) is 5.69 Å². The molecule has 3 N–H and O–H groups in total. The molecule has 1 heterocycles. The van der Waals surface area contributed by atoms with E-state index in [1.54, 1.807) is 0 Å². The number of nitrogens with one attached hydrogen (secondary N) is 1. The van der Waals surface area contributed by atoms with Gasteiger partial charge >= 0.3 is 6.18 Å². The predicted octanol–water partition coefficient (Wildman–Crippen LogP) is 4.25. The number of halogens is 3. The molecule has 2 aromatic rings. The molecule has 112 valence electrons. The van der Waals surface area contributed by atoms with Gasteiger partial charge in [-0.15, -0.1) is 0 Å². The van der Waals surface area contributed by atoms with Gasteiger partial charge in [0.2, 0.25) is 0 Å². The first-order valence-corrected chi connectivity index (χ1v) is 6.56. The lowest BCUT2D eigenvalue weighted by Gasteiger charge is -2.20. The molecule has 0 spiro atoms. The van der Waals surface area contributed by atoms with Crippen LogP contribution in [0.3, 0.4) is 0 Å². The van der Waals surface area contributed by atoms with Crippen molar-refractivity contribution in [2.45, 2.75) is 25.6 Å². The van der Waals surface area contributed by atoms with Crippen LogP contribution in [0.4, 0.5) is 24.5 Å². The first kappa shape index (κ1) is 15.2. The Bertz CT molecular complexity index is 597. The molecule has 3 nitrogen and oxygen atoms in total. The summed E-state index contributed by atoms with van der Waals surface area (Å²) in [5.74, 6) is 0.